The number of benzene rings is 2. The molecule has 1 aliphatic carbocycles. The van der Waals surface area contributed by atoms with E-state index in [4.69, 9.17) is 15.2 Å². The Morgan fingerprint density at radius 3 is 2.50 bits per heavy atom. The van der Waals surface area contributed by atoms with E-state index < -0.39 is 17.2 Å². The van der Waals surface area contributed by atoms with Gasteiger partial charge in [0.15, 0.2) is 5.96 Å². The fourth-order valence-electron chi connectivity index (χ4n) is 3.04. The van der Waals surface area contributed by atoms with E-state index >= 15 is 0 Å². The summed E-state index contributed by atoms with van der Waals surface area (Å²) in [6.07, 6.45) is -2.82. The van der Waals surface area contributed by atoms with Gasteiger partial charge in [-0.2, -0.15) is 13.2 Å². The number of nitrogens with two attached hydrogens (primary N) is 1. The van der Waals surface area contributed by atoms with E-state index in [1.165, 1.54) is 19.2 Å². The highest BCUT2D eigenvalue weighted by molar-refractivity contribution is 5.94. The van der Waals surface area contributed by atoms with Crippen LogP contribution in [0.15, 0.2) is 47.5 Å². The zero-order valence-electron chi connectivity index (χ0n) is 15.6. The molecule has 5 nitrogen and oxygen atoms in total. The highest BCUT2D eigenvalue weighted by Crippen LogP contribution is 2.49. The topological polar surface area (TPSA) is 68.9 Å². The molecule has 150 valence electrons. The Hall–Kier alpha value is -2.90. The van der Waals surface area contributed by atoms with E-state index in [9.17, 15) is 13.2 Å². The van der Waals surface area contributed by atoms with Gasteiger partial charge in [-0.15, -0.1) is 0 Å². The van der Waals surface area contributed by atoms with Crippen molar-refractivity contribution in [3.8, 4) is 11.5 Å². The summed E-state index contributed by atoms with van der Waals surface area (Å²) in [5.41, 5.74) is 6.18. The van der Waals surface area contributed by atoms with Crippen molar-refractivity contribution in [1.82, 2.24) is 0 Å². The zero-order chi connectivity index (χ0) is 20.4. The summed E-state index contributed by atoms with van der Waals surface area (Å²) in [5.74, 6) is 1.35. The second-order valence-electron chi connectivity index (χ2n) is 6.75. The van der Waals surface area contributed by atoms with E-state index in [0.29, 0.717) is 29.3 Å². The molecule has 3 rings (SSSR count). The van der Waals surface area contributed by atoms with Crippen LogP contribution in [-0.2, 0) is 11.6 Å². The predicted octanol–water partition coefficient (Wildman–Crippen LogP) is 4.18. The third-order valence-corrected chi connectivity index (χ3v) is 4.88. The number of aliphatic imine (C=N–C) groups is 1. The molecule has 0 heterocycles. The number of ether oxygens (including phenoxy) is 2. The highest BCUT2D eigenvalue weighted by Gasteiger charge is 2.45. The molecule has 3 N–H and O–H groups in total. The minimum Gasteiger partial charge on any atom is -0.497 e. The fraction of sp³-hybridized carbons (Fsp3) is 0.350. The largest absolute Gasteiger partial charge is 0.497 e. The van der Waals surface area contributed by atoms with Gasteiger partial charge in [0, 0.05) is 11.5 Å². The quantitative estimate of drug-likeness (QED) is 0.571. The van der Waals surface area contributed by atoms with Crippen molar-refractivity contribution in [2.45, 2.75) is 24.4 Å². The molecular formula is C20H22F3N3O2. The molecule has 0 radical (unpaired) electrons. The van der Waals surface area contributed by atoms with Crippen molar-refractivity contribution < 1.29 is 22.6 Å². The lowest BCUT2D eigenvalue weighted by Crippen LogP contribution is -2.25. The molecule has 0 atom stereocenters. The summed E-state index contributed by atoms with van der Waals surface area (Å²) in [5, 5.41) is 2.97. The Morgan fingerprint density at radius 1 is 1.14 bits per heavy atom. The maximum Gasteiger partial charge on any atom is 0.416 e. The summed E-state index contributed by atoms with van der Waals surface area (Å²) in [6, 6.07) is 10.6. The average molecular weight is 393 g/mol. The maximum absolute atomic E-state index is 13.0. The lowest BCUT2D eigenvalue weighted by Gasteiger charge is -2.17. The number of rotatable bonds is 6. The van der Waals surface area contributed by atoms with Gasteiger partial charge in [0.05, 0.1) is 32.0 Å². The number of methoxy groups -OCH3 is 2. The molecule has 0 saturated heterocycles. The fourth-order valence-corrected chi connectivity index (χ4v) is 3.04. The van der Waals surface area contributed by atoms with Gasteiger partial charge in [0.25, 0.3) is 0 Å². The number of nitrogens with zero attached hydrogens (tertiary/aromatic N) is 1. The lowest BCUT2D eigenvalue weighted by atomic mass is 9.94. The van der Waals surface area contributed by atoms with E-state index in [0.717, 1.165) is 18.9 Å². The van der Waals surface area contributed by atoms with Gasteiger partial charge in [-0.1, -0.05) is 18.2 Å². The van der Waals surface area contributed by atoms with Crippen LogP contribution in [-0.4, -0.2) is 26.7 Å². The number of halogens is 3. The molecule has 0 amide bonds. The first-order chi connectivity index (χ1) is 13.3. The first-order valence-electron chi connectivity index (χ1n) is 8.74. The minimum absolute atomic E-state index is 0.157. The number of nitrogens with one attached hydrogen (secondary N) is 1. The van der Waals surface area contributed by atoms with Crippen molar-refractivity contribution in [2.75, 3.05) is 26.1 Å². The van der Waals surface area contributed by atoms with Gasteiger partial charge < -0.3 is 20.5 Å². The monoisotopic (exact) mass is 393 g/mol. The van der Waals surface area contributed by atoms with Crippen LogP contribution < -0.4 is 20.5 Å². The molecule has 28 heavy (non-hydrogen) atoms. The Bertz CT molecular complexity index is 877. The Kier molecular flexibility index (Phi) is 5.40. The molecule has 8 heteroatoms. The molecule has 1 fully saturated rings. The number of hydrogen-bond acceptors (Lipinski definition) is 3. The van der Waals surface area contributed by atoms with Crippen LogP contribution in [0.25, 0.3) is 0 Å². The summed E-state index contributed by atoms with van der Waals surface area (Å²) >= 11 is 0. The van der Waals surface area contributed by atoms with Crippen molar-refractivity contribution >= 4 is 11.6 Å². The lowest BCUT2D eigenvalue weighted by molar-refractivity contribution is -0.137. The highest BCUT2D eigenvalue weighted by atomic mass is 19.4. The van der Waals surface area contributed by atoms with Gasteiger partial charge in [-0.3, -0.25) is 4.99 Å². The first kappa shape index (κ1) is 19.9. The molecule has 1 saturated carbocycles. The maximum atomic E-state index is 13.0. The van der Waals surface area contributed by atoms with Crippen molar-refractivity contribution in [2.24, 2.45) is 10.7 Å². The molecule has 1 aliphatic rings. The number of guanidine groups is 1. The second-order valence-corrected chi connectivity index (χ2v) is 6.75. The number of hydrogen-bond donors (Lipinski definition) is 2. The van der Waals surface area contributed by atoms with Crippen molar-refractivity contribution in [3.05, 3.63) is 53.6 Å². The number of anilines is 1. The minimum atomic E-state index is -4.36. The van der Waals surface area contributed by atoms with Crippen LogP contribution >= 0.6 is 0 Å². The van der Waals surface area contributed by atoms with Crippen LogP contribution in [0.4, 0.5) is 18.9 Å². The van der Waals surface area contributed by atoms with Crippen LogP contribution in [0.2, 0.25) is 0 Å². The molecule has 2 aromatic rings. The second kappa shape index (κ2) is 7.61. The average Bonchev–Trinajstić information content (AvgIpc) is 3.47. The molecule has 0 aromatic heterocycles. The summed E-state index contributed by atoms with van der Waals surface area (Å²) in [6.45, 7) is 0.305. The molecule has 0 aliphatic heterocycles. The van der Waals surface area contributed by atoms with Crippen LogP contribution in [0.5, 0.6) is 11.5 Å². The van der Waals surface area contributed by atoms with Gasteiger partial charge in [-0.25, -0.2) is 0 Å². The van der Waals surface area contributed by atoms with Gasteiger partial charge in [0.1, 0.15) is 11.5 Å². The normalized spacial score (nSPS) is 15.8. The third-order valence-electron chi connectivity index (χ3n) is 4.88. The summed E-state index contributed by atoms with van der Waals surface area (Å²) in [7, 11) is 3.09. The number of alkyl halides is 3. The third kappa shape index (κ3) is 4.32. The van der Waals surface area contributed by atoms with E-state index in [1.807, 2.05) is 0 Å². The molecule has 0 unspecified atom stereocenters. The summed E-state index contributed by atoms with van der Waals surface area (Å²) < 4.78 is 49.4. The Morgan fingerprint density at radius 2 is 1.89 bits per heavy atom. The van der Waals surface area contributed by atoms with E-state index in [1.54, 1.807) is 31.4 Å². The molecule has 0 spiro atoms. The zero-order valence-corrected chi connectivity index (χ0v) is 15.6. The SMILES string of the molecule is COc1ccc(OC)c(NC(N)=NCC2(c3cccc(C(F)(F)F)c3)CC2)c1. The van der Waals surface area contributed by atoms with Crippen molar-refractivity contribution in [1.29, 1.82) is 0 Å². The first-order valence-corrected chi connectivity index (χ1v) is 8.74. The van der Waals surface area contributed by atoms with Crippen LogP contribution in [0.1, 0.15) is 24.0 Å². The van der Waals surface area contributed by atoms with E-state index in [-0.39, 0.29) is 5.96 Å². The van der Waals surface area contributed by atoms with E-state index in [2.05, 4.69) is 10.3 Å². The molecular weight excluding hydrogens is 371 g/mol. The van der Waals surface area contributed by atoms with Gasteiger partial charge >= 0.3 is 6.18 Å². The Labute approximate surface area is 161 Å². The standard InChI is InChI=1S/C20H22F3N3O2/c1-27-15-6-7-17(28-2)16(11-15)26-18(24)25-12-19(8-9-19)13-4-3-5-14(10-13)20(21,22)23/h3-7,10-11H,8-9,12H2,1-2H3,(H3,24,25,26). The smallest absolute Gasteiger partial charge is 0.416 e. The van der Waals surface area contributed by atoms with Crippen molar-refractivity contribution in [3.63, 3.8) is 0 Å². The Balaban J connectivity index is 1.75. The van der Waals surface area contributed by atoms with Gasteiger partial charge in [-0.05, 0) is 36.6 Å². The van der Waals surface area contributed by atoms with Gasteiger partial charge in [0.2, 0.25) is 0 Å². The summed E-state index contributed by atoms with van der Waals surface area (Å²) in [4.78, 5) is 4.36. The van der Waals surface area contributed by atoms with Crippen LogP contribution in [0, 0.1) is 0 Å². The molecule has 0 bridgehead atoms. The van der Waals surface area contributed by atoms with Crippen LogP contribution in [0.3, 0.4) is 0 Å². The predicted molar refractivity (Wildman–Crippen MR) is 102 cm³/mol. The molecule has 2 aromatic carbocycles.